The fraction of sp³-hybridized carbons (Fsp3) is 0.667. The van der Waals surface area contributed by atoms with Crippen LogP contribution in [0.1, 0.15) is 44.2 Å². The molecule has 23 heavy (non-hydrogen) atoms. The minimum Gasteiger partial charge on any atom is -0.480 e. The number of amides is 2. The van der Waals surface area contributed by atoms with Gasteiger partial charge in [0, 0.05) is 23.4 Å². The molecule has 1 aromatic heterocycles. The molecule has 7 nitrogen and oxygen atoms in total. The normalized spacial score (nSPS) is 23.4. The molecule has 0 bridgehead atoms. The van der Waals surface area contributed by atoms with E-state index in [0.717, 1.165) is 18.5 Å². The average Bonchev–Trinajstić information content (AvgIpc) is 3.21. The lowest BCUT2D eigenvalue weighted by Gasteiger charge is -2.42. The van der Waals surface area contributed by atoms with Gasteiger partial charge in [-0.2, -0.15) is 0 Å². The van der Waals surface area contributed by atoms with Crippen LogP contribution in [0.5, 0.6) is 0 Å². The van der Waals surface area contributed by atoms with Crippen LogP contribution in [0.15, 0.2) is 5.38 Å². The minimum atomic E-state index is -0.809. The van der Waals surface area contributed by atoms with E-state index in [1.165, 1.54) is 24.2 Å². The molecule has 3 N–H and O–H groups in total. The number of aromatic nitrogens is 1. The summed E-state index contributed by atoms with van der Waals surface area (Å²) < 4.78 is 0. The van der Waals surface area contributed by atoms with Crippen LogP contribution >= 0.6 is 11.3 Å². The Hall–Kier alpha value is -1.67. The highest BCUT2D eigenvalue weighted by Gasteiger charge is 2.34. The molecule has 0 atom stereocenters. The zero-order chi connectivity index (χ0) is 16.4. The lowest BCUT2D eigenvalue weighted by atomic mass is 9.85. The van der Waals surface area contributed by atoms with Crippen LogP contribution in [0.3, 0.4) is 0 Å². The number of urea groups is 1. The maximum Gasteiger partial charge on any atom is 0.321 e. The number of carbonyl (C=O) groups excluding carboxylic acids is 1. The largest absolute Gasteiger partial charge is 0.480 e. The summed E-state index contributed by atoms with van der Waals surface area (Å²) in [5.41, 5.74) is 1.08. The van der Waals surface area contributed by atoms with Gasteiger partial charge in [0.05, 0.1) is 12.2 Å². The number of nitrogens with zero attached hydrogens (tertiary/aromatic N) is 2. The van der Waals surface area contributed by atoms with Crippen molar-refractivity contribution in [1.29, 1.82) is 0 Å². The first-order valence-electron chi connectivity index (χ1n) is 8.04. The quantitative estimate of drug-likeness (QED) is 0.707. The number of hydrogen-bond donors (Lipinski definition) is 3. The molecule has 1 heterocycles. The third-order valence-corrected chi connectivity index (χ3v) is 5.22. The number of hydrogen-bond acceptors (Lipinski definition) is 5. The molecule has 126 valence electrons. The number of carbonyl (C=O) groups is 2. The predicted molar refractivity (Wildman–Crippen MR) is 87.9 cm³/mol. The van der Waals surface area contributed by atoms with E-state index >= 15 is 0 Å². The van der Waals surface area contributed by atoms with E-state index in [1.54, 1.807) is 0 Å². The fourth-order valence-electron chi connectivity index (χ4n) is 2.91. The topological polar surface area (TPSA) is 94.6 Å². The van der Waals surface area contributed by atoms with E-state index in [-0.39, 0.29) is 24.7 Å². The number of carboxylic acid groups (broad SMARTS) is 1. The number of aliphatic carboxylic acids is 1. The van der Waals surface area contributed by atoms with Crippen LogP contribution in [-0.4, -0.2) is 52.2 Å². The summed E-state index contributed by atoms with van der Waals surface area (Å²) in [6, 6.07) is 0.111. The van der Waals surface area contributed by atoms with Gasteiger partial charge in [0.15, 0.2) is 5.13 Å². The summed E-state index contributed by atoms with van der Waals surface area (Å²) >= 11 is 1.46. The molecule has 8 heteroatoms. The average molecular weight is 338 g/mol. The molecule has 0 unspecified atom stereocenters. The van der Waals surface area contributed by atoms with E-state index in [4.69, 9.17) is 5.11 Å². The summed E-state index contributed by atoms with van der Waals surface area (Å²) in [6.45, 7) is 2.72. The van der Waals surface area contributed by atoms with Crippen molar-refractivity contribution in [3.63, 3.8) is 0 Å². The Morgan fingerprint density at radius 3 is 2.78 bits per heavy atom. The van der Waals surface area contributed by atoms with Gasteiger partial charge in [0.1, 0.15) is 0 Å². The third kappa shape index (κ3) is 4.20. The van der Waals surface area contributed by atoms with Gasteiger partial charge in [-0.3, -0.25) is 15.0 Å². The third-order valence-electron chi connectivity index (χ3n) is 4.45. The van der Waals surface area contributed by atoms with E-state index in [1.807, 2.05) is 17.2 Å². The molecule has 3 rings (SSSR count). The molecule has 2 fully saturated rings. The van der Waals surface area contributed by atoms with Gasteiger partial charge in [0.2, 0.25) is 0 Å². The standard InChI is InChI=1S/C15H22N4O3S/c1-2-19(7-13(20)21)11-5-10(6-11)16-14(22)18-15-17-12(8-23-15)9-3-4-9/h8-11H,2-7H2,1H3,(H,20,21)(H2,16,17,18,22). The van der Waals surface area contributed by atoms with Crippen molar-refractivity contribution in [2.24, 2.45) is 0 Å². The highest BCUT2D eigenvalue weighted by atomic mass is 32.1. The summed E-state index contributed by atoms with van der Waals surface area (Å²) in [7, 11) is 0. The number of rotatable bonds is 7. The number of likely N-dealkylation sites (N-methyl/N-ethyl adjacent to an activating group) is 1. The second-order valence-corrected chi connectivity index (χ2v) is 7.09. The first-order chi connectivity index (χ1) is 11.0. The number of anilines is 1. The van der Waals surface area contributed by atoms with E-state index in [0.29, 0.717) is 17.6 Å². The Morgan fingerprint density at radius 1 is 1.43 bits per heavy atom. The van der Waals surface area contributed by atoms with Gasteiger partial charge < -0.3 is 10.4 Å². The maximum atomic E-state index is 12.0. The maximum absolute atomic E-state index is 12.0. The Bertz CT molecular complexity index is 581. The second-order valence-electron chi connectivity index (χ2n) is 6.23. The molecule has 2 saturated carbocycles. The molecule has 0 spiro atoms. The first kappa shape index (κ1) is 16.2. The van der Waals surface area contributed by atoms with Gasteiger partial charge in [-0.15, -0.1) is 11.3 Å². The van der Waals surface area contributed by atoms with Crippen LogP contribution in [-0.2, 0) is 4.79 Å². The summed E-state index contributed by atoms with van der Waals surface area (Å²) in [6.07, 6.45) is 3.98. The molecular formula is C15H22N4O3S. The monoisotopic (exact) mass is 338 g/mol. The van der Waals surface area contributed by atoms with Gasteiger partial charge in [-0.05, 0) is 32.2 Å². The Kier molecular flexibility index (Phi) is 4.82. The highest BCUT2D eigenvalue weighted by molar-refractivity contribution is 7.13. The summed E-state index contributed by atoms with van der Waals surface area (Å²) in [5.74, 6) is -0.220. The number of thiazole rings is 1. The van der Waals surface area contributed by atoms with E-state index in [2.05, 4.69) is 15.6 Å². The van der Waals surface area contributed by atoms with Crippen molar-refractivity contribution >= 4 is 28.5 Å². The lowest BCUT2D eigenvalue weighted by Crippen LogP contribution is -2.55. The fourth-order valence-corrected chi connectivity index (χ4v) is 3.69. The van der Waals surface area contributed by atoms with Gasteiger partial charge >= 0.3 is 12.0 Å². The van der Waals surface area contributed by atoms with Crippen LogP contribution in [0.25, 0.3) is 0 Å². The van der Waals surface area contributed by atoms with Crippen LogP contribution < -0.4 is 10.6 Å². The lowest BCUT2D eigenvalue weighted by molar-refractivity contribution is -0.139. The first-order valence-corrected chi connectivity index (χ1v) is 8.92. The van der Waals surface area contributed by atoms with Crippen molar-refractivity contribution < 1.29 is 14.7 Å². The van der Waals surface area contributed by atoms with Crippen LogP contribution in [0, 0.1) is 0 Å². The molecule has 2 aliphatic rings. The summed E-state index contributed by atoms with van der Waals surface area (Å²) in [5, 5.41) is 17.2. The molecule has 0 aliphatic heterocycles. The highest BCUT2D eigenvalue weighted by Crippen LogP contribution is 2.40. The zero-order valence-corrected chi connectivity index (χ0v) is 13.9. The van der Waals surface area contributed by atoms with Crippen molar-refractivity contribution in [1.82, 2.24) is 15.2 Å². The minimum absolute atomic E-state index is 0.0587. The Labute approximate surface area is 139 Å². The molecule has 0 aromatic carbocycles. The molecule has 1 aromatic rings. The Balaban J connectivity index is 1.40. The number of nitrogens with one attached hydrogen (secondary N) is 2. The second kappa shape index (κ2) is 6.84. The molecule has 0 saturated heterocycles. The van der Waals surface area contributed by atoms with Crippen molar-refractivity contribution in [2.75, 3.05) is 18.4 Å². The number of carboxylic acids is 1. The van der Waals surface area contributed by atoms with Crippen molar-refractivity contribution in [3.8, 4) is 0 Å². The van der Waals surface area contributed by atoms with Gasteiger partial charge in [0.25, 0.3) is 0 Å². The van der Waals surface area contributed by atoms with Gasteiger partial charge in [-0.25, -0.2) is 9.78 Å². The SMILES string of the molecule is CCN(CC(=O)O)C1CC(NC(=O)Nc2nc(C3CC3)cs2)C1. The van der Waals surface area contributed by atoms with E-state index in [9.17, 15) is 9.59 Å². The molecule has 2 amide bonds. The van der Waals surface area contributed by atoms with Crippen molar-refractivity contribution in [2.45, 2.75) is 50.6 Å². The predicted octanol–water partition coefficient (Wildman–Crippen LogP) is 2.08. The van der Waals surface area contributed by atoms with Crippen LogP contribution in [0.2, 0.25) is 0 Å². The smallest absolute Gasteiger partial charge is 0.321 e. The Morgan fingerprint density at radius 2 is 2.17 bits per heavy atom. The summed E-state index contributed by atoms with van der Waals surface area (Å²) in [4.78, 5) is 29.1. The zero-order valence-electron chi connectivity index (χ0n) is 13.1. The van der Waals surface area contributed by atoms with Crippen LogP contribution in [0.4, 0.5) is 9.93 Å². The molecule has 2 aliphatic carbocycles. The molecular weight excluding hydrogens is 316 g/mol. The van der Waals surface area contributed by atoms with Gasteiger partial charge in [-0.1, -0.05) is 6.92 Å². The van der Waals surface area contributed by atoms with E-state index < -0.39 is 5.97 Å². The van der Waals surface area contributed by atoms with Crippen molar-refractivity contribution in [3.05, 3.63) is 11.1 Å². The molecule has 0 radical (unpaired) electrons.